The lowest BCUT2D eigenvalue weighted by Crippen LogP contribution is -2.33. The minimum absolute atomic E-state index is 1.25. The monoisotopic (exact) mass is 202 g/mol. The van der Waals surface area contributed by atoms with Crippen molar-refractivity contribution in [1.82, 2.24) is 5.32 Å². The Balaban J connectivity index is 0.000000195. The summed E-state index contributed by atoms with van der Waals surface area (Å²) in [6.07, 6.45) is -1.25. The molecule has 3 nitrogen and oxygen atoms in total. The van der Waals surface area contributed by atoms with E-state index in [0.717, 1.165) is 0 Å². The van der Waals surface area contributed by atoms with Gasteiger partial charge in [-0.2, -0.15) is 0 Å². The molecule has 0 aliphatic carbocycles. The smallest absolute Gasteiger partial charge is 0.133 e. The molecule has 1 N–H and O–H groups in total. The SMILES string of the molecule is CNC(=O)[O-].c1ccc2ccccc2c1. The molecule has 0 aliphatic rings. The molecule has 1 amide bonds. The molecule has 2 aromatic rings. The predicted molar refractivity (Wildman–Crippen MR) is 58.4 cm³/mol. The number of rotatable bonds is 0. The van der Waals surface area contributed by atoms with Gasteiger partial charge in [0.05, 0.1) is 0 Å². The van der Waals surface area contributed by atoms with Crippen LogP contribution in [-0.2, 0) is 0 Å². The zero-order valence-corrected chi connectivity index (χ0v) is 8.44. The fourth-order valence-corrected chi connectivity index (χ4v) is 1.13. The maximum absolute atomic E-state index is 9.15. The summed E-state index contributed by atoms with van der Waals surface area (Å²) in [5.41, 5.74) is 0. The van der Waals surface area contributed by atoms with Gasteiger partial charge in [0, 0.05) is 7.05 Å². The number of hydrogen-bond donors (Lipinski definition) is 1. The number of carbonyl (C=O) groups is 1. The molecule has 0 atom stereocenters. The largest absolute Gasteiger partial charge is 0.530 e. The molecule has 0 aromatic heterocycles. The highest BCUT2D eigenvalue weighted by Crippen LogP contribution is 2.11. The average Bonchev–Trinajstić information content (AvgIpc) is 2.30. The van der Waals surface area contributed by atoms with E-state index in [1.54, 1.807) is 0 Å². The van der Waals surface area contributed by atoms with Gasteiger partial charge in [-0.15, -0.1) is 0 Å². The maximum Gasteiger partial charge on any atom is 0.133 e. The third-order valence-corrected chi connectivity index (χ3v) is 1.86. The number of nitrogens with one attached hydrogen (secondary N) is 1. The summed E-state index contributed by atoms with van der Waals surface area (Å²) in [6, 6.07) is 16.7. The fraction of sp³-hybridized carbons (Fsp3) is 0.0833. The zero-order chi connectivity index (χ0) is 11.1. The van der Waals surface area contributed by atoms with Crippen LogP contribution in [-0.4, -0.2) is 13.1 Å². The van der Waals surface area contributed by atoms with E-state index in [-0.39, 0.29) is 0 Å². The van der Waals surface area contributed by atoms with Crippen molar-refractivity contribution in [3.63, 3.8) is 0 Å². The van der Waals surface area contributed by atoms with Crippen LogP contribution >= 0.6 is 0 Å². The molecule has 0 saturated carbocycles. The summed E-state index contributed by atoms with van der Waals surface area (Å²) < 4.78 is 0. The number of amides is 1. The maximum atomic E-state index is 9.15. The molecule has 2 rings (SSSR count). The summed E-state index contributed by atoms with van der Waals surface area (Å²) in [4.78, 5) is 9.15. The molecule has 0 saturated heterocycles. The van der Waals surface area contributed by atoms with Crippen molar-refractivity contribution < 1.29 is 9.90 Å². The third kappa shape index (κ3) is 3.68. The highest BCUT2D eigenvalue weighted by Gasteiger charge is 1.85. The highest BCUT2D eigenvalue weighted by atomic mass is 16.4. The Labute approximate surface area is 88.4 Å². The van der Waals surface area contributed by atoms with Gasteiger partial charge in [-0.05, 0) is 10.8 Å². The number of carbonyl (C=O) groups excluding carboxylic acids is 1. The van der Waals surface area contributed by atoms with Crippen LogP contribution in [0.3, 0.4) is 0 Å². The normalized spacial score (nSPS) is 8.87. The summed E-state index contributed by atoms with van der Waals surface area (Å²) in [5, 5.41) is 13.6. The number of benzene rings is 2. The first-order valence-corrected chi connectivity index (χ1v) is 4.56. The van der Waals surface area contributed by atoms with Crippen molar-refractivity contribution in [3.05, 3.63) is 48.5 Å². The molecular weight excluding hydrogens is 190 g/mol. The molecule has 0 bridgehead atoms. The molecule has 0 heterocycles. The zero-order valence-electron chi connectivity index (χ0n) is 8.44. The summed E-state index contributed by atoms with van der Waals surface area (Å²) >= 11 is 0. The van der Waals surface area contributed by atoms with Gasteiger partial charge in [-0.3, -0.25) is 0 Å². The number of fused-ring (bicyclic) bond motifs is 1. The van der Waals surface area contributed by atoms with Crippen LogP contribution in [0.25, 0.3) is 10.8 Å². The Bertz CT molecular complexity index is 375. The van der Waals surface area contributed by atoms with Gasteiger partial charge in [-0.1, -0.05) is 48.5 Å². The summed E-state index contributed by atoms with van der Waals surface area (Å²) in [7, 11) is 1.29. The standard InChI is InChI=1S/C10H8.C2H5NO2/c1-2-6-10-8-4-3-7-9(10)5-1;1-3-2(4)5/h1-8H;3H,1H3,(H,4,5)/p-1. The van der Waals surface area contributed by atoms with Crippen molar-refractivity contribution in [2.24, 2.45) is 0 Å². The number of carboxylic acid groups (broad SMARTS) is 1. The van der Waals surface area contributed by atoms with Crippen LogP contribution < -0.4 is 10.4 Å². The van der Waals surface area contributed by atoms with E-state index < -0.39 is 6.09 Å². The first-order valence-electron chi connectivity index (χ1n) is 4.56. The minimum Gasteiger partial charge on any atom is -0.530 e. The van der Waals surface area contributed by atoms with Gasteiger partial charge < -0.3 is 15.2 Å². The van der Waals surface area contributed by atoms with Crippen LogP contribution in [0.1, 0.15) is 0 Å². The van der Waals surface area contributed by atoms with Crippen molar-refractivity contribution in [3.8, 4) is 0 Å². The second kappa shape index (κ2) is 5.65. The third-order valence-electron chi connectivity index (χ3n) is 1.86. The number of hydrogen-bond acceptors (Lipinski definition) is 2. The van der Waals surface area contributed by atoms with Crippen molar-refractivity contribution in [2.75, 3.05) is 7.05 Å². The van der Waals surface area contributed by atoms with E-state index in [2.05, 4.69) is 48.5 Å². The molecule has 0 fully saturated rings. The molecule has 0 radical (unpaired) electrons. The van der Waals surface area contributed by atoms with E-state index in [1.165, 1.54) is 17.8 Å². The van der Waals surface area contributed by atoms with Crippen LogP contribution in [0.2, 0.25) is 0 Å². The van der Waals surface area contributed by atoms with E-state index >= 15 is 0 Å². The predicted octanol–water partition coefficient (Wildman–Crippen LogP) is 1.39. The van der Waals surface area contributed by atoms with E-state index in [9.17, 15) is 0 Å². The lowest BCUT2D eigenvalue weighted by Gasteiger charge is -1.92. The fourth-order valence-electron chi connectivity index (χ4n) is 1.13. The second-order valence-corrected chi connectivity index (χ2v) is 2.88. The lowest BCUT2D eigenvalue weighted by atomic mass is 10.1. The molecular formula is C12H12NO2-. The topological polar surface area (TPSA) is 52.2 Å². The van der Waals surface area contributed by atoms with Gasteiger partial charge in [0.15, 0.2) is 0 Å². The summed E-state index contributed by atoms with van der Waals surface area (Å²) in [5.74, 6) is 0. The molecule has 15 heavy (non-hydrogen) atoms. The van der Waals surface area contributed by atoms with Gasteiger partial charge in [-0.25, -0.2) is 0 Å². The molecule has 0 aliphatic heterocycles. The highest BCUT2D eigenvalue weighted by molar-refractivity contribution is 5.81. The Hall–Kier alpha value is -2.03. The Morgan fingerprint density at radius 3 is 1.47 bits per heavy atom. The van der Waals surface area contributed by atoms with Gasteiger partial charge in [0.1, 0.15) is 6.09 Å². The van der Waals surface area contributed by atoms with Gasteiger partial charge >= 0.3 is 0 Å². The summed E-state index contributed by atoms with van der Waals surface area (Å²) in [6.45, 7) is 0. The van der Waals surface area contributed by atoms with E-state index in [4.69, 9.17) is 9.90 Å². The first kappa shape index (κ1) is 11.0. The minimum atomic E-state index is -1.25. The Morgan fingerprint density at radius 1 is 1.00 bits per heavy atom. The van der Waals surface area contributed by atoms with Gasteiger partial charge in [0.25, 0.3) is 0 Å². The molecule has 0 spiro atoms. The molecule has 3 heteroatoms. The molecule has 2 aromatic carbocycles. The van der Waals surface area contributed by atoms with Crippen LogP contribution in [0.15, 0.2) is 48.5 Å². The Morgan fingerprint density at radius 2 is 1.27 bits per heavy atom. The van der Waals surface area contributed by atoms with Crippen LogP contribution in [0, 0.1) is 0 Å². The van der Waals surface area contributed by atoms with Gasteiger partial charge in [0.2, 0.25) is 0 Å². The van der Waals surface area contributed by atoms with Crippen molar-refractivity contribution in [2.45, 2.75) is 0 Å². The van der Waals surface area contributed by atoms with E-state index in [0.29, 0.717) is 0 Å². The second-order valence-electron chi connectivity index (χ2n) is 2.88. The molecule has 0 unspecified atom stereocenters. The Kier molecular flexibility index (Phi) is 4.16. The van der Waals surface area contributed by atoms with Crippen molar-refractivity contribution in [1.29, 1.82) is 0 Å². The quantitative estimate of drug-likeness (QED) is 0.701. The van der Waals surface area contributed by atoms with Crippen LogP contribution in [0.5, 0.6) is 0 Å². The first-order chi connectivity index (χ1) is 7.24. The van der Waals surface area contributed by atoms with Crippen LogP contribution in [0.4, 0.5) is 4.79 Å². The lowest BCUT2D eigenvalue weighted by molar-refractivity contribution is -0.250. The van der Waals surface area contributed by atoms with E-state index in [1.807, 2.05) is 5.32 Å². The average molecular weight is 202 g/mol. The van der Waals surface area contributed by atoms with Crippen molar-refractivity contribution >= 4 is 16.9 Å². The molecule has 78 valence electrons.